The van der Waals surface area contributed by atoms with Gasteiger partial charge >= 0.3 is 5.97 Å². The Hall–Kier alpha value is -1.51. The molecule has 110 valence electrons. The van der Waals surface area contributed by atoms with Crippen molar-refractivity contribution in [3.05, 3.63) is 29.8 Å². The number of nitrogens with zero attached hydrogens (tertiary/aromatic N) is 1. The smallest absolute Gasteiger partial charge is 0.339 e. The van der Waals surface area contributed by atoms with Crippen LogP contribution in [0.15, 0.2) is 24.3 Å². The fraction of sp³-hybridized carbons (Fsp3) is 0.588. The van der Waals surface area contributed by atoms with E-state index in [1.54, 1.807) is 0 Å². The average Bonchev–Trinajstić information content (AvgIpc) is 2.53. The summed E-state index contributed by atoms with van der Waals surface area (Å²) in [5.74, 6) is 0.630. The first-order chi connectivity index (χ1) is 9.67. The van der Waals surface area contributed by atoms with E-state index in [1.165, 1.54) is 39.2 Å². The van der Waals surface area contributed by atoms with Crippen LogP contribution in [0.1, 0.15) is 49.4 Å². The number of anilines is 1. The van der Waals surface area contributed by atoms with Crippen molar-refractivity contribution in [2.75, 3.05) is 19.1 Å². The second kappa shape index (κ2) is 6.78. The first kappa shape index (κ1) is 14.9. The molecule has 0 saturated heterocycles. The molecule has 1 saturated carbocycles. The number of hydrogen-bond donors (Lipinski definition) is 0. The highest BCUT2D eigenvalue weighted by Gasteiger charge is 2.25. The van der Waals surface area contributed by atoms with Crippen LogP contribution < -0.4 is 4.90 Å². The maximum absolute atomic E-state index is 11.9. The van der Waals surface area contributed by atoms with Gasteiger partial charge in [0.15, 0.2) is 0 Å². The Labute approximate surface area is 121 Å². The predicted molar refractivity (Wildman–Crippen MR) is 82.2 cm³/mol. The molecule has 1 aromatic rings. The molecule has 0 unspecified atom stereocenters. The monoisotopic (exact) mass is 275 g/mol. The molecule has 0 N–H and O–H groups in total. The Kier molecular flexibility index (Phi) is 5.05. The molecule has 0 aromatic heterocycles. The summed E-state index contributed by atoms with van der Waals surface area (Å²) in [6.45, 7) is 2.28. The van der Waals surface area contributed by atoms with E-state index in [0.29, 0.717) is 11.6 Å². The molecule has 1 aliphatic carbocycles. The van der Waals surface area contributed by atoms with Crippen LogP contribution in [0.4, 0.5) is 5.69 Å². The summed E-state index contributed by atoms with van der Waals surface area (Å²) in [4.78, 5) is 14.1. The first-order valence-corrected chi connectivity index (χ1v) is 7.57. The van der Waals surface area contributed by atoms with Crippen molar-refractivity contribution in [3.8, 4) is 0 Å². The molecule has 3 nitrogen and oxygen atoms in total. The number of para-hydroxylation sites is 1. The van der Waals surface area contributed by atoms with Crippen molar-refractivity contribution in [2.45, 2.75) is 45.1 Å². The van der Waals surface area contributed by atoms with Crippen LogP contribution in [0.25, 0.3) is 0 Å². The summed E-state index contributed by atoms with van der Waals surface area (Å²) < 4.78 is 4.88. The molecule has 0 radical (unpaired) electrons. The fourth-order valence-corrected chi connectivity index (χ4v) is 3.20. The highest BCUT2D eigenvalue weighted by molar-refractivity contribution is 5.95. The van der Waals surface area contributed by atoms with Gasteiger partial charge in [0.05, 0.1) is 18.4 Å². The van der Waals surface area contributed by atoms with Gasteiger partial charge < -0.3 is 9.64 Å². The molecule has 1 fully saturated rings. The summed E-state index contributed by atoms with van der Waals surface area (Å²) in [5.41, 5.74) is 1.65. The van der Waals surface area contributed by atoms with E-state index >= 15 is 0 Å². The molecule has 2 rings (SSSR count). The SMILES string of the molecule is CCC1CCC(N(C)c2ccccc2C(=O)OC)CC1. The maximum atomic E-state index is 11.9. The molecular weight excluding hydrogens is 250 g/mol. The number of hydrogen-bond acceptors (Lipinski definition) is 3. The van der Waals surface area contributed by atoms with Gasteiger partial charge in [-0.05, 0) is 43.7 Å². The van der Waals surface area contributed by atoms with Crippen LogP contribution in [-0.4, -0.2) is 26.2 Å². The third kappa shape index (κ3) is 3.14. The minimum atomic E-state index is -0.255. The van der Waals surface area contributed by atoms with Gasteiger partial charge in [0.2, 0.25) is 0 Å². The number of benzene rings is 1. The van der Waals surface area contributed by atoms with Crippen molar-refractivity contribution < 1.29 is 9.53 Å². The van der Waals surface area contributed by atoms with E-state index in [2.05, 4.69) is 18.9 Å². The van der Waals surface area contributed by atoms with E-state index in [9.17, 15) is 4.79 Å². The molecular formula is C17H25NO2. The van der Waals surface area contributed by atoms with Gasteiger partial charge in [-0.15, -0.1) is 0 Å². The molecule has 0 bridgehead atoms. The molecule has 0 amide bonds. The lowest BCUT2D eigenvalue weighted by Crippen LogP contribution is -2.36. The van der Waals surface area contributed by atoms with E-state index in [-0.39, 0.29) is 5.97 Å². The topological polar surface area (TPSA) is 29.5 Å². The van der Waals surface area contributed by atoms with Gasteiger partial charge in [0.25, 0.3) is 0 Å². The molecule has 0 aliphatic heterocycles. The highest BCUT2D eigenvalue weighted by atomic mass is 16.5. The Balaban J connectivity index is 2.13. The van der Waals surface area contributed by atoms with Crippen LogP contribution in [0, 0.1) is 5.92 Å². The molecule has 0 atom stereocenters. The standard InChI is InChI=1S/C17H25NO2/c1-4-13-9-11-14(12-10-13)18(2)16-8-6-5-7-15(16)17(19)20-3/h5-8,13-14H,4,9-12H2,1-3H3. The van der Waals surface area contributed by atoms with Gasteiger partial charge in [-0.1, -0.05) is 25.5 Å². The number of carbonyl (C=O) groups is 1. The number of methoxy groups -OCH3 is 1. The van der Waals surface area contributed by atoms with Crippen LogP contribution in [0.2, 0.25) is 0 Å². The van der Waals surface area contributed by atoms with E-state index in [4.69, 9.17) is 4.74 Å². The van der Waals surface area contributed by atoms with Gasteiger partial charge in [0, 0.05) is 13.1 Å². The van der Waals surface area contributed by atoms with Crippen LogP contribution >= 0.6 is 0 Å². The zero-order valence-electron chi connectivity index (χ0n) is 12.8. The third-order valence-corrected chi connectivity index (χ3v) is 4.63. The molecule has 20 heavy (non-hydrogen) atoms. The number of ether oxygens (including phenoxy) is 1. The normalized spacial score (nSPS) is 22.4. The first-order valence-electron chi connectivity index (χ1n) is 7.57. The van der Waals surface area contributed by atoms with Gasteiger partial charge in [-0.25, -0.2) is 4.79 Å². The van der Waals surface area contributed by atoms with E-state index in [1.807, 2.05) is 24.3 Å². The van der Waals surface area contributed by atoms with Gasteiger partial charge in [-0.3, -0.25) is 0 Å². The molecule has 0 heterocycles. The van der Waals surface area contributed by atoms with Crippen molar-refractivity contribution in [2.24, 2.45) is 5.92 Å². The zero-order valence-corrected chi connectivity index (χ0v) is 12.8. The summed E-state index contributed by atoms with van der Waals surface area (Å²) in [5, 5.41) is 0. The van der Waals surface area contributed by atoms with E-state index < -0.39 is 0 Å². The maximum Gasteiger partial charge on any atom is 0.339 e. The summed E-state index contributed by atoms with van der Waals surface area (Å²) in [7, 11) is 3.53. The van der Waals surface area contributed by atoms with Crippen molar-refractivity contribution in [3.63, 3.8) is 0 Å². The second-order valence-corrected chi connectivity index (χ2v) is 5.70. The highest BCUT2D eigenvalue weighted by Crippen LogP contribution is 2.32. The minimum Gasteiger partial charge on any atom is -0.465 e. The number of carbonyl (C=O) groups excluding carboxylic acids is 1. The van der Waals surface area contributed by atoms with Gasteiger partial charge in [0.1, 0.15) is 0 Å². The zero-order chi connectivity index (χ0) is 14.5. The number of esters is 1. The quantitative estimate of drug-likeness (QED) is 0.781. The van der Waals surface area contributed by atoms with Crippen LogP contribution in [0.3, 0.4) is 0 Å². The van der Waals surface area contributed by atoms with Crippen molar-refractivity contribution >= 4 is 11.7 Å². The summed E-state index contributed by atoms with van der Waals surface area (Å²) in [6.07, 6.45) is 6.31. The molecule has 1 aromatic carbocycles. The lowest BCUT2D eigenvalue weighted by atomic mass is 9.84. The fourth-order valence-electron chi connectivity index (χ4n) is 3.20. The molecule has 3 heteroatoms. The van der Waals surface area contributed by atoms with Crippen molar-refractivity contribution in [1.29, 1.82) is 0 Å². The Bertz CT molecular complexity index is 450. The van der Waals surface area contributed by atoms with Crippen molar-refractivity contribution in [1.82, 2.24) is 0 Å². The summed E-state index contributed by atoms with van der Waals surface area (Å²) in [6, 6.07) is 8.25. The minimum absolute atomic E-state index is 0.255. The lowest BCUT2D eigenvalue weighted by molar-refractivity contribution is 0.0601. The Morgan fingerprint density at radius 3 is 2.50 bits per heavy atom. The Morgan fingerprint density at radius 1 is 1.25 bits per heavy atom. The number of rotatable bonds is 4. The molecule has 0 spiro atoms. The van der Waals surface area contributed by atoms with Crippen LogP contribution in [0.5, 0.6) is 0 Å². The Morgan fingerprint density at radius 2 is 1.90 bits per heavy atom. The van der Waals surface area contributed by atoms with Crippen LogP contribution in [-0.2, 0) is 4.74 Å². The third-order valence-electron chi connectivity index (χ3n) is 4.63. The predicted octanol–water partition coefficient (Wildman–Crippen LogP) is 3.88. The van der Waals surface area contributed by atoms with Gasteiger partial charge in [-0.2, -0.15) is 0 Å². The summed E-state index contributed by atoms with van der Waals surface area (Å²) >= 11 is 0. The average molecular weight is 275 g/mol. The second-order valence-electron chi connectivity index (χ2n) is 5.70. The largest absolute Gasteiger partial charge is 0.465 e. The molecule has 1 aliphatic rings. The lowest BCUT2D eigenvalue weighted by Gasteiger charge is -2.36. The van der Waals surface area contributed by atoms with E-state index in [0.717, 1.165) is 11.6 Å².